The Hall–Kier alpha value is -2.70. The van der Waals surface area contributed by atoms with Gasteiger partial charge < -0.3 is 20.7 Å². The van der Waals surface area contributed by atoms with Gasteiger partial charge in [-0.15, -0.1) is 0 Å². The van der Waals surface area contributed by atoms with E-state index in [1.807, 2.05) is 30.3 Å². The number of benzene rings is 3. The van der Waals surface area contributed by atoms with Gasteiger partial charge in [-0.05, 0) is 34.5 Å². The fraction of sp³-hybridized carbons (Fsp3) is 0.150. The maximum Gasteiger partial charge on any atom is 0.347 e. The summed E-state index contributed by atoms with van der Waals surface area (Å²) in [5, 5.41) is 22.3. The highest BCUT2D eigenvalue weighted by Crippen LogP contribution is 2.41. The predicted octanol–water partition coefficient (Wildman–Crippen LogP) is 3.54. The minimum Gasteiger partial charge on any atom is -0.497 e. The van der Waals surface area contributed by atoms with Gasteiger partial charge in [-0.3, -0.25) is 0 Å². The molecule has 0 aliphatic rings. The number of ether oxygens (including phenoxy) is 1. The zero-order valence-electron chi connectivity index (χ0n) is 14.2. The molecule has 3 aromatic carbocycles. The van der Waals surface area contributed by atoms with Crippen LogP contribution in [0.3, 0.4) is 0 Å². The Morgan fingerprint density at radius 3 is 2.46 bits per heavy atom. The van der Waals surface area contributed by atoms with Gasteiger partial charge in [0.25, 0.3) is 0 Å². The molecule has 26 heavy (non-hydrogen) atoms. The van der Waals surface area contributed by atoms with Crippen molar-refractivity contribution in [2.45, 2.75) is 16.2 Å². The van der Waals surface area contributed by atoms with Gasteiger partial charge in [-0.25, -0.2) is 4.79 Å². The second kappa shape index (κ2) is 7.27. The first-order valence-electron chi connectivity index (χ1n) is 7.98. The molecule has 134 valence electrons. The van der Waals surface area contributed by atoms with Crippen LogP contribution in [-0.4, -0.2) is 28.2 Å². The van der Waals surface area contributed by atoms with E-state index in [2.05, 4.69) is 0 Å². The largest absolute Gasteiger partial charge is 0.497 e. The Morgan fingerprint density at radius 1 is 1.12 bits per heavy atom. The average molecular weight is 369 g/mol. The number of nitrogens with two attached hydrogens (primary N) is 1. The van der Waals surface area contributed by atoms with Crippen LogP contribution >= 0.6 is 11.8 Å². The third kappa shape index (κ3) is 3.61. The molecule has 0 saturated heterocycles. The third-order valence-corrected chi connectivity index (χ3v) is 5.43. The van der Waals surface area contributed by atoms with Crippen molar-refractivity contribution in [1.29, 1.82) is 0 Å². The average Bonchev–Trinajstić information content (AvgIpc) is 2.64. The Morgan fingerprint density at radius 2 is 1.81 bits per heavy atom. The number of hydrogen-bond acceptors (Lipinski definition) is 5. The number of carbonyl (C=O) groups is 1. The lowest BCUT2D eigenvalue weighted by molar-refractivity contribution is -0.149. The van der Waals surface area contributed by atoms with Gasteiger partial charge >= 0.3 is 5.97 Å². The van der Waals surface area contributed by atoms with E-state index in [0.717, 1.165) is 22.5 Å². The number of carboxylic acid groups (broad SMARTS) is 1. The quantitative estimate of drug-likeness (QED) is 0.350. The summed E-state index contributed by atoms with van der Waals surface area (Å²) in [4.78, 5) is 10.4. The minimum atomic E-state index is -2.05. The normalized spacial score (nSPS) is 13.3. The summed E-state index contributed by atoms with van der Waals surface area (Å²) in [5.41, 5.74) is 7.20. The SMILES string of the molecule is COc1ccc(CC(O)(Sc2c(N)ccc3ccccc23)C(=O)O)cc1. The molecule has 0 spiro atoms. The first kappa shape index (κ1) is 18.1. The Balaban J connectivity index is 1.98. The molecule has 5 nitrogen and oxygen atoms in total. The number of hydrogen-bond donors (Lipinski definition) is 3. The van der Waals surface area contributed by atoms with E-state index in [9.17, 15) is 15.0 Å². The molecule has 0 aromatic heterocycles. The van der Waals surface area contributed by atoms with Crippen LogP contribution in [-0.2, 0) is 11.2 Å². The fourth-order valence-corrected chi connectivity index (χ4v) is 3.86. The number of carboxylic acids is 1. The van der Waals surface area contributed by atoms with E-state index < -0.39 is 10.9 Å². The molecular formula is C20H19NO4S. The number of anilines is 1. The molecule has 6 heteroatoms. The van der Waals surface area contributed by atoms with E-state index in [1.165, 1.54) is 0 Å². The van der Waals surface area contributed by atoms with Crippen molar-refractivity contribution in [3.63, 3.8) is 0 Å². The summed E-state index contributed by atoms with van der Waals surface area (Å²) in [6.45, 7) is 0. The molecular weight excluding hydrogens is 350 g/mol. The van der Waals surface area contributed by atoms with Crippen LogP contribution in [0.5, 0.6) is 5.75 Å². The van der Waals surface area contributed by atoms with Gasteiger partial charge in [-0.2, -0.15) is 0 Å². The summed E-state index contributed by atoms with van der Waals surface area (Å²) in [6.07, 6.45) is -0.0698. The zero-order chi connectivity index (χ0) is 18.7. The van der Waals surface area contributed by atoms with E-state index in [1.54, 1.807) is 37.4 Å². The third-order valence-electron chi connectivity index (χ3n) is 4.12. The predicted molar refractivity (Wildman–Crippen MR) is 104 cm³/mol. The molecule has 0 aliphatic heterocycles. The smallest absolute Gasteiger partial charge is 0.347 e. The number of fused-ring (bicyclic) bond motifs is 1. The lowest BCUT2D eigenvalue weighted by atomic mass is 10.1. The second-order valence-corrected chi connectivity index (χ2v) is 7.21. The molecule has 3 aromatic rings. The summed E-state index contributed by atoms with van der Waals surface area (Å²) >= 11 is 0.860. The first-order valence-corrected chi connectivity index (χ1v) is 8.79. The number of thioether (sulfide) groups is 1. The Labute approximate surface area is 155 Å². The molecule has 0 radical (unpaired) electrons. The van der Waals surface area contributed by atoms with Gasteiger partial charge in [-0.1, -0.05) is 54.2 Å². The molecule has 0 amide bonds. The van der Waals surface area contributed by atoms with E-state index >= 15 is 0 Å². The van der Waals surface area contributed by atoms with Crippen molar-refractivity contribution in [2.75, 3.05) is 12.8 Å². The molecule has 0 aliphatic carbocycles. The van der Waals surface area contributed by atoms with Crippen molar-refractivity contribution in [2.24, 2.45) is 0 Å². The molecule has 0 fully saturated rings. The topological polar surface area (TPSA) is 92.8 Å². The van der Waals surface area contributed by atoms with Crippen LogP contribution in [0.25, 0.3) is 10.8 Å². The van der Waals surface area contributed by atoms with Crippen LogP contribution < -0.4 is 10.5 Å². The van der Waals surface area contributed by atoms with Crippen LogP contribution in [0, 0.1) is 0 Å². The number of nitrogen functional groups attached to an aromatic ring is 1. The summed E-state index contributed by atoms with van der Waals surface area (Å²) < 4.78 is 5.11. The van der Waals surface area contributed by atoms with E-state index in [0.29, 0.717) is 21.9 Å². The van der Waals surface area contributed by atoms with Crippen LogP contribution in [0.15, 0.2) is 65.6 Å². The lowest BCUT2D eigenvalue weighted by Crippen LogP contribution is -2.37. The van der Waals surface area contributed by atoms with Crippen molar-refractivity contribution in [1.82, 2.24) is 0 Å². The molecule has 1 unspecified atom stereocenters. The number of rotatable bonds is 6. The van der Waals surface area contributed by atoms with E-state index in [4.69, 9.17) is 10.5 Å². The molecule has 3 rings (SSSR count). The number of methoxy groups -OCH3 is 1. The monoisotopic (exact) mass is 369 g/mol. The fourth-order valence-electron chi connectivity index (χ4n) is 2.72. The second-order valence-electron chi connectivity index (χ2n) is 5.92. The highest BCUT2D eigenvalue weighted by Gasteiger charge is 2.38. The minimum absolute atomic E-state index is 0.0698. The number of aliphatic carboxylic acids is 1. The van der Waals surface area contributed by atoms with Crippen molar-refractivity contribution in [3.05, 3.63) is 66.2 Å². The maximum atomic E-state index is 11.9. The van der Waals surface area contributed by atoms with Crippen LogP contribution in [0.1, 0.15) is 5.56 Å². The molecule has 4 N–H and O–H groups in total. The first-order chi connectivity index (χ1) is 12.4. The standard InChI is InChI=1S/C20H19NO4S/c1-25-15-9-6-13(7-10-15)12-20(24,19(22)23)26-18-16-5-3-2-4-14(16)8-11-17(18)21/h2-11,24H,12,21H2,1H3,(H,22,23). The molecule has 0 bridgehead atoms. The highest BCUT2D eigenvalue weighted by atomic mass is 32.2. The maximum absolute atomic E-state index is 11.9. The van der Waals surface area contributed by atoms with Crippen molar-refractivity contribution < 1.29 is 19.7 Å². The van der Waals surface area contributed by atoms with Gasteiger partial charge in [0.05, 0.1) is 7.11 Å². The van der Waals surface area contributed by atoms with Crippen molar-refractivity contribution in [3.8, 4) is 5.75 Å². The van der Waals surface area contributed by atoms with Gasteiger partial charge in [0.15, 0.2) is 0 Å². The summed E-state index contributed by atoms with van der Waals surface area (Å²) in [6, 6.07) is 18.1. The van der Waals surface area contributed by atoms with Gasteiger partial charge in [0.2, 0.25) is 4.93 Å². The van der Waals surface area contributed by atoms with Crippen LogP contribution in [0.4, 0.5) is 5.69 Å². The molecule has 1 atom stereocenters. The summed E-state index contributed by atoms with van der Waals surface area (Å²) in [5.74, 6) is -0.649. The Kier molecular flexibility index (Phi) is 5.06. The molecule has 0 saturated carbocycles. The van der Waals surface area contributed by atoms with E-state index in [-0.39, 0.29) is 6.42 Å². The van der Waals surface area contributed by atoms with Gasteiger partial charge in [0, 0.05) is 17.0 Å². The lowest BCUT2D eigenvalue weighted by Gasteiger charge is -2.24. The highest BCUT2D eigenvalue weighted by molar-refractivity contribution is 8.01. The van der Waals surface area contributed by atoms with Crippen LogP contribution in [0.2, 0.25) is 0 Å². The van der Waals surface area contributed by atoms with Crippen molar-refractivity contribution >= 4 is 34.2 Å². The zero-order valence-corrected chi connectivity index (χ0v) is 15.0. The molecule has 0 heterocycles. The Bertz CT molecular complexity index is 942. The van der Waals surface area contributed by atoms with Gasteiger partial charge in [0.1, 0.15) is 5.75 Å². The summed E-state index contributed by atoms with van der Waals surface area (Å²) in [7, 11) is 1.56. The number of aliphatic hydroxyl groups is 1.